The fourth-order valence-corrected chi connectivity index (χ4v) is 9.56. The predicted octanol–water partition coefficient (Wildman–Crippen LogP) is 6.80. The molecule has 0 aliphatic rings. The largest absolute Gasteiger partial charge is 0.497 e. The van der Waals surface area contributed by atoms with E-state index in [9.17, 15) is 14.0 Å². The first-order valence-electron chi connectivity index (χ1n) is 15.1. The number of rotatable bonds is 13. The molecule has 1 unspecified atom stereocenters. The van der Waals surface area contributed by atoms with Crippen molar-refractivity contribution in [1.82, 2.24) is 4.98 Å². The Hall–Kier alpha value is -5.06. The van der Waals surface area contributed by atoms with Gasteiger partial charge in [-0.2, -0.15) is 0 Å². The van der Waals surface area contributed by atoms with E-state index >= 15 is 4.39 Å². The lowest BCUT2D eigenvalue weighted by atomic mass is 10.0. The highest BCUT2D eigenvalue weighted by molar-refractivity contribution is 6.98. The Kier molecular flexibility index (Phi) is 9.74. The van der Waals surface area contributed by atoms with Crippen LogP contribution in [0.5, 0.6) is 11.5 Å². The maximum atomic E-state index is 15.5. The molecule has 1 atom stereocenters. The molecule has 1 amide bonds. The van der Waals surface area contributed by atoms with Gasteiger partial charge in [-0.25, -0.2) is 13.8 Å². The number of benzene rings is 4. The number of amides is 1. The normalized spacial score (nSPS) is 12.4. The van der Waals surface area contributed by atoms with Gasteiger partial charge in [-0.15, -0.1) is 0 Å². The Balaban J connectivity index is 1.58. The lowest BCUT2D eigenvalue weighted by molar-refractivity contribution is 0.0989. The number of ether oxygens (including phenoxy) is 2. The number of carbonyl (C=O) groups is 1. The second-order valence-corrected chi connectivity index (χ2v) is 15.7. The van der Waals surface area contributed by atoms with Crippen molar-refractivity contribution in [2.24, 2.45) is 5.73 Å². The summed E-state index contributed by atoms with van der Waals surface area (Å²) in [7, 11) is -1.86. The molecule has 0 radical (unpaired) electrons. The minimum Gasteiger partial charge on any atom is -0.497 e. The van der Waals surface area contributed by atoms with Gasteiger partial charge in [0.1, 0.15) is 28.9 Å². The number of primary amides is 1. The van der Waals surface area contributed by atoms with E-state index in [-0.39, 0.29) is 23.8 Å². The van der Waals surface area contributed by atoms with Crippen molar-refractivity contribution in [2.45, 2.75) is 37.8 Å². The highest BCUT2D eigenvalue weighted by Crippen LogP contribution is 2.43. The molecule has 0 saturated heterocycles. The highest BCUT2D eigenvalue weighted by atomic mass is 28.4. The van der Waals surface area contributed by atoms with Crippen molar-refractivity contribution in [3.63, 3.8) is 0 Å². The van der Waals surface area contributed by atoms with E-state index in [1.807, 2.05) is 74.5 Å². The molecule has 7 nitrogen and oxygen atoms in total. The molecule has 0 aliphatic carbocycles. The van der Waals surface area contributed by atoms with Gasteiger partial charge in [0.05, 0.1) is 7.11 Å². The van der Waals surface area contributed by atoms with E-state index in [0.717, 1.165) is 22.5 Å². The van der Waals surface area contributed by atoms with Crippen LogP contribution in [0, 0.1) is 11.6 Å². The Morgan fingerprint density at radius 3 is 2.13 bits per heavy atom. The summed E-state index contributed by atoms with van der Waals surface area (Å²) in [4.78, 5) is 29.4. The average Bonchev–Trinajstić information content (AvgIpc) is 3.52. The first kappa shape index (κ1) is 33.3. The van der Waals surface area contributed by atoms with Crippen molar-refractivity contribution < 1.29 is 32.3 Å². The number of oxazole rings is 1. The number of methoxy groups -OCH3 is 1. The number of hydrogen-bond donors (Lipinski definition) is 2. The standard InChI is InChI=1S/C37H36F2N2O5Si/c1-5-29-34(41-36(46-29)24-16-18-25(44-4)19-17-24)31(45-30-21-20-28(38)32(33(30)39)35(40)42)22-23-37(2,3)47(43,26-12-8-6-9-13-26)27-14-10-7-11-15-27/h5-21,31,43H,1,22-23H2,2-4H3,(H2,40,42). The van der Waals surface area contributed by atoms with E-state index in [1.165, 1.54) is 6.08 Å². The van der Waals surface area contributed by atoms with Gasteiger partial charge < -0.3 is 24.4 Å². The van der Waals surface area contributed by atoms with Gasteiger partial charge in [-0.05, 0) is 70.7 Å². The third-order valence-corrected chi connectivity index (χ3v) is 13.0. The summed E-state index contributed by atoms with van der Waals surface area (Å²) < 4.78 is 47.5. The summed E-state index contributed by atoms with van der Waals surface area (Å²) in [5, 5.41) is 0.965. The molecule has 0 saturated carbocycles. The molecule has 5 aromatic rings. The summed E-state index contributed by atoms with van der Waals surface area (Å²) in [5.41, 5.74) is 5.35. The number of nitrogens with zero attached hydrogens (tertiary/aromatic N) is 1. The fraction of sp³-hybridized carbons (Fsp3) is 0.189. The minimum absolute atomic E-state index is 0.222. The van der Waals surface area contributed by atoms with Crippen LogP contribution in [-0.2, 0) is 0 Å². The molecule has 0 aliphatic heterocycles. The third-order valence-electron chi connectivity index (χ3n) is 8.47. The topological polar surface area (TPSA) is 108 Å². The van der Waals surface area contributed by atoms with Gasteiger partial charge in [-0.1, -0.05) is 81.1 Å². The molecule has 10 heteroatoms. The number of hydrogen-bond acceptors (Lipinski definition) is 6. The van der Waals surface area contributed by atoms with Crippen molar-refractivity contribution >= 4 is 30.7 Å². The first-order valence-corrected chi connectivity index (χ1v) is 17.0. The molecular formula is C37H36F2N2O5Si. The Morgan fingerprint density at radius 1 is 1.00 bits per heavy atom. The maximum absolute atomic E-state index is 15.5. The van der Waals surface area contributed by atoms with Crippen molar-refractivity contribution in [1.29, 1.82) is 0 Å². The van der Waals surface area contributed by atoms with Gasteiger partial charge >= 0.3 is 0 Å². The zero-order chi connectivity index (χ0) is 33.8. The minimum atomic E-state index is -3.43. The van der Waals surface area contributed by atoms with Crippen LogP contribution in [-0.4, -0.2) is 31.1 Å². The van der Waals surface area contributed by atoms with Gasteiger partial charge in [0.2, 0.25) is 5.89 Å². The predicted molar refractivity (Wildman–Crippen MR) is 180 cm³/mol. The van der Waals surface area contributed by atoms with Crippen LogP contribution in [0.25, 0.3) is 17.5 Å². The summed E-state index contributed by atoms with van der Waals surface area (Å²) >= 11 is 0. The number of carbonyl (C=O) groups excluding carboxylic acids is 1. The Labute approximate surface area is 273 Å². The third kappa shape index (κ3) is 6.60. The summed E-state index contributed by atoms with van der Waals surface area (Å²) in [6.45, 7) is 7.88. The Bertz CT molecular complexity index is 1820. The monoisotopic (exact) mass is 654 g/mol. The molecule has 0 spiro atoms. The molecular weight excluding hydrogens is 618 g/mol. The lowest BCUT2D eigenvalue weighted by Crippen LogP contribution is -2.65. The molecule has 1 heterocycles. The molecule has 242 valence electrons. The van der Waals surface area contributed by atoms with Crippen LogP contribution in [0.1, 0.15) is 54.6 Å². The van der Waals surface area contributed by atoms with Crippen LogP contribution in [0.2, 0.25) is 5.04 Å². The van der Waals surface area contributed by atoms with Crippen LogP contribution in [0.15, 0.2) is 108 Å². The number of aromatic nitrogens is 1. The average molecular weight is 655 g/mol. The smallest absolute Gasteiger partial charge is 0.258 e. The SMILES string of the molecule is C=Cc1oc(-c2ccc(OC)cc2)nc1C(CCC(C)(C)[Si](O)(c1ccccc1)c1ccccc1)Oc1ccc(F)c(C(N)=O)c1F. The number of halogens is 2. The molecule has 47 heavy (non-hydrogen) atoms. The van der Waals surface area contributed by atoms with Crippen molar-refractivity contribution in [2.75, 3.05) is 7.11 Å². The van der Waals surface area contributed by atoms with E-state index in [4.69, 9.17) is 24.6 Å². The van der Waals surface area contributed by atoms with Crippen molar-refractivity contribution in [3.05, 3.63) is 132 Å². The first-order chi connectivity index (χ1) is 22.5. The molecule has 0 bridgehead atoms. The summed E-state index contributed by atoms with van der Waals surface area (Å²) in [6.07, 6.45) is 1.12. The van der Waals surface area contributed by atoms with E-state index in [0.29, 0.717) is 23.4 Å². The van der Waals surface area contributed by atoms with Gasteiger partial charge in [0, 0.05) is 5.56 Å². The quantitative estimate of drug-likeness (QED) is 0.135. The summed E-state index contributed by atoms with van der Waals surface area (Å²) in [6, 6.07) is 28.3. The fourth-order valence-electron chi connectivity index (χ4n) is 5.81. The zero-order valence-corrected chi connectivity index (χ0v) is 27.4. The van der Waals surface area contributed by atoms with Crippen LogP contribution >= 0.6 is 0 Å². The lowest BCUT2D eigenvalue weighted by Gasteiger charge is -2.42. The zero-order valence-electron chi connectivity index (χ0n) is 26.4. The van der Waals surface area contributed by atoms with Crippen molar-refractivity contribution in [3.8, 4) is 23.0 Å². The van der Waals surface area contributed by atoms with E-state index in [1.54, 1.807) is 31.4 Å². The van der Waals surface area contributed by atoms with Gasteiger partial charge in [0.15, 0.2) is 17.3 Å². The van der Waals surface area contributed by atoms with E-state index in [2.05, 4.69) is 6.58 Å². The molecule has 3 N–H and O–H groups in total. The van der Waals surface area contributed by atoms with Crippen LogP contribution in [0.3, 0.4) is 0 Å². The highest BCUT2D eigenvalue weighted by Gasteiger charge is 2.50. The van der Waals surface area contributed by atoms with Gasteiger partial charge in [-0.3, -0.25) is 4.79 Å². The van der Waals surface area contributed by atoms with Crippen LogP contribution in [0.4, 0.5) is 8.78 Å². The second-order valence-electron chi connectivity index (χ2n) is 11.8. The summed E-state index contributed by atoms with van der Waals surface area (Å²) in [5.74, 6) is -2.77. The molecule has 1 aromatic heterocycles. The second kappa shape index (κ2) is 13.7. The number of nitrogens with two attached hydrogens (primary N) is 1. The molecule has 0 fully saturated rings. The van der Waals surface area contributed by atoms with Crippen LogP contribution < -0.4 is 25.6 Å². The van der Waals surface area contributed by atoms with E-state index < -0.39 is 42.6 Å². The Morgan fingerprint density at radius 2 is 1.60 bits per heavy atom. The molecule has 4 aromatic carbocycles. The van der Waals surface area contributed by atoms with Gasteiger partial charge in [0.25, 0.3) is 14.2 Å². The maximum Gasteiger partial charge on any atom is 0.258 e. The molecule has 5 rings (SSSR count).